The van der Waals surface area contributed by atoms with Gasteiger partial charge in [-0.15, -0.1) is 0 Å². The van der Waals surface area contributed by atoms with Gasteiger partial charge >= 0.3 is 0 Å². The summed E-state index contributed by atoms with van der Waals surface area (Å²) in [6.07, 6.45) is 5.64. The van der Waals surface area contributed by atoms with Gasteiger partial charge in [0, 0.05) is 58.2 Å². The van der Waals surface area contributed by atoms with E-state index in [1.807, 2.05) is 30.5 Å². The third-order valence-electron chi connectivity index (χ3n) is 3.41. The van der Waals surface area contributed by atoms with Crippen LogP contribution in [0.5, 0.6) is 0 Å². The van der Waals surface area contributed by atoms with Crippen LogP contribution in [0.2, 0.25) is 0 Å². The van der Waals surface area contributed by atoms with Crippen molar-refractivity contribution in [1.29, 1.82) is 0 Å². The number of nitrogens with zero attached hydrogens (tertiary/aromatic N) is 5. The monoisotopic (exact) mass is 276 g/mol. The fraction of sp³-hybridized carbons (Fsp3) is 0.571. The Morgan fingerprint density at radius 3 is 2.75 bits per heavy atom. The van der Waals surface area contributed by atoms with E-state index in [1.54, 1.807) is 0 Å². The van der Waals surface area contributed by atoms with Crippen LogP contribution in [0.15, 0.2) is 18.7 Å². The van der Waals surface area contributed by atoms with E-state index >= 15 is 0 Å². The third kappa shape index (κ3) is 3.19. The highest BCUT2D eigenvalue weighted by Crippen LogP contribution is 2.21. The van der Waals surface area contributed by atoms with E-state index in [9.17, 15) is 0 Å². The van der Waals surface area contributed by atoms with Gasteiger partial charge < -0.3 is 14.8 Å². The molecule has 0 bridgehead atoms. The Morgan fingerprint density at radius 1 is 1.40 bits per heavy atom. The van der Waals surface area contributed by atoms with Crippen LogP contribution in [-0.2, 0) is 20.1 Å². The minimum absolute atomic E-state index is 0.374. The van der Waals surface area contributed by atoms with Crippen molar-refractivity contribution in [2.75, 3.05) is 19.0 Å². The van der Waals surface area contributed by atoms with Gasteiger partial charge in [-0.1, -0.05) is 0 Å². The molecule has 2 aromatic heterocycles. The topological polar surface area (TPSA) is 50.9 Å². The second-order valence-electron chi connectivity index (χ2n) is 5.45. The smallest absolute Gasteiger partial charge is 0.130 e. The number of imidazole rings is 1. The van der Waals surface area contributed by atoms with Gasteiger partial charge in [0.25, 0.3) is 0 Å². The van der Waals surface area contributed by atoms with Crippen LogP contribution in [0.1, 0.15) is 18.2 Å². The summed E-state index contributed by atoms with van der Waals surface area (Å²) in [5.74, 6) is 1.16. The lowest BCUT2D eigenvalue weighted by atomic mass is 10.2. The molecule has 0 aliphatic carbocycles. The zero-order valence-corrected chi connectivity index (χ0v) is 13.0. The zero-order valence-electron chi connectivity index (χ0n) is 13.0. The van der Waals surface area contributed by atoms with Gasteiger partial charge in [0.1, 0.15) is 5.82 Å². The SMILES string of the molecule is Cc1nn(C)c(N(C)C)c1CN[C@H](C)Cn1ccnc1. The normalized spacial score (nSPS) is 12.7. The Balaban J connectivity index is 2.00. The molecule has 0 aliphatic heterocycles. The van der Waals surface area contributed by atoms with Crippen molar-refractivity contribution in [1.82, 2.24) is 24.6 Å². The molecule has 0 amide bonds. The average Bonchev–Trinajstić information content (AvgIpc) is 2.94. The highest BCUT2D eigenvalue weighted by Gasteiger charge is 2.15. The molecule has 0 aliphatic rings. The number of hydrogen-bond donors (Lipinski definition) is 1. The molecular formula is C14H24N6. The van der Waals surface area contributed by atoms with Gasteiger partial charge in [0.15, 0.2) is 0 Å². The van der Waals surface area contributed by atoms with Gasteiger partial charge in [-0.05, 0) is 13.8 Å². The number of rotatable bonds is 6. The third-order valence-corrected chi connectivity index (χ3v) is 3.41. The molecular weight excluding hydrogens is 252 g/mol. The van der Waals surface area contributed by atoms with Crippen LogP contribution < -0.4 is 10.2 Å². The maximum absolute atomic E-state index is 4.51. The molecule has 0 saturated carbocycles. The molecule has 20 heavy (non-hydrogen) atoms. The second-order valence-corrected chi connectivity index (χ2v) is 5.45. The lowest BCUT2D eigenvalue weighted by Gasteiger charge is -2.18. The lowest BCUT2D eigenvalue weighted by molar-refractivity contribution is 0.475. The highest BCUT2D eigenvalue weighted by atomic mass is 15.4. The van der Waals surface area contributed by atoms with Gasteiger partial charge in [0.2, 0.25) is 0 Å². The van der Waals surface area contributed by atoms with Gasteiger partial charge in [-0.3, -0.25) is 4.68 Å². The minimum Gasteiger partial charge on any atom is -0.363 e. The Morgan fingerprint density at radius 2 is 2.15 bits per heavy atom. The highest BCUT2D eigenvalue weighted by molar-refractivity contribution is 5.48. The van der Waals surface area contributed by atoms with Crippen LogP contribution in [0.25, 0.3) is 0 Å². The van der Waals surface area contributed by atoms with E-state index in [0.717, 1.165) is 24.6 Å². The number of hydrogen-bond acceptors (Lipinski definition) is 4. The van der Waals surface area contributed by atoms with Crippen molar-refractivity contribution < 1.29 is 0 Å². The van der Waals surface area contributed by atoms with E-state index in [4.69, 9.17) is 0 Å². The number of aryl methyl sites for hydroxylation is 2. The maximum Gasteiger partial charge on any atom is 0.130 e. The molecule has 0 aromatic carbocycles. The van der Waals surface area contributed by atoms with E-state index in [2.05, 4.69) is 52.8 Å². The summed E-state index contributed by atoms with van der Waals surface area (Å²) in [7, 11) is 6.09. The fourth-order valence-electron chi connectivity index (χ4n) is 2.51. The molecule has 0 saturated heterocycles. The molecule has 2 rings (SSSR count). The first-order chi connectivity index (χ1) is 9.49. The molecule has 2 aromatic rings. The van der Waals surface area contributed by atoms with E-state index in [-0.39, 0.29) is 0 Å². The summed E-state index contributed by atoms with van der Waals surface area (Å²) in [4.78, 5) is 6.17. The maximum atomic E-state index is 4.51. The van der Waals surface area contributed by atoms with E-state index < -0.39 is 0 Å². The van der Waals surface area contributed by atoms with Gasteiger partial charge in [0.05, 0.1) is 12.0 Å². The molecule has 0 radical (unpaired) electrons. The van der Waals surface area contributed by atoms with Crippen LogP contribution in [-0.4, -0.2) is 39.5 Å². The summed E-state index contributed by atoms with van der Waals surface area (Å²) in [5, 5.41) is 8.06. The summed E-state index contributed by atoms with van der Waals surface area (Å²) in [6, 6.07) is 0.374. The van der Waals surface area contributed by atoms with E-state index in [1.165, 1.54) is 5.56 Å². The molecule has 0 fully saturated rings. The zero-order chi connectivity index (χ0) is 14.7. The summed E-state index contributed by atoms with van der Waals surface area (Å²) in [6.45, 7) is 5.98. The molecule has 110 valence electrons. The quantitative estimate of drug-likeness (QED) is 0.860. The number of nitrogens with one attached hydrogen (secondary N) is 1. The van der Waals surface area contributed by atoms with Crippen molar-refractivity contribution in [3.8, 4) is 0 Å². The first-order valence-corrected chi connectivity index (χ1v) is 6.88. The summed E-state index contributed by atoms with van der Waals surface area (Å²) < 4.78 is 4.02. The average molecular weight is 276 g/mol. The largest absolute Gasteiger partial charge is 0.363 e. The van der Waals surface area contributed by atoms with Crippen molar-refractivity contribution in [2.45, 2.75) is 33.0 Å². The van der Waals surface area contributed by atoms with E-state index in [0.29, 0.717) is 6.04 Å². The van der Waals surface area contributed by atoms with Crippen LogP contribution >= 0.6 is 0 Å². The molecule has 6 heteroatoms. The Labute approximate surface area is 120 Å². The van der Waals surface area contributed by atoms with Crippen LogP contribution in [0, 0.1) is 6.92 Å². The van der Waals surface area contributed by atoms with Crippen LogP contribution in [0.3, 0.4) is 0 Å². The van der Waals surface area contributed by atoms with Crippen molar-refractivity contribution in [3.05, 3.63) is 30.0 Å². The van der Waals surface area contributed by atoms with Crippen molar-refractivity contribution in [3.63, 3.8) is 0 Å². The Hall–Kier alpha value is -1.82. The Bertz CT molecular complexity index is 540. The lowest BCUT2D eigenvalue weighted by Crippen LogP contribution is -2.30. The standard InChI is InChI=1S/C14H24N6/c1-11(9-20-7-6-15-10-20)16-8-13-12(2)17-19(5)14(13)18(3)4/h6-7,10-11,16H,8-9H2,1-5H3/t11-/m1/s1. The van der Waals surface area contributed by atoms with Crippen LogP contribution in [0.4, 0.5) is 5.82 Å². The predicted octanol–water partition coefficient (Wildman–Crippen LogP) is 1.17. The minimum atomic E-state index is 0.374. The first-order valence-electron chi connectivity index (χ1n) is 6.88. The summed E-state index contributed by atoms with van der Waals surface area (Å²) >= 11 is 0. The summed E-state index contributed by atoms with van der Waals surface area (Å²) in [5.41, 5.74) is 2.34. The molecule has 0 unspecified atom stereocenters. The number of aromatic nitrogens is 4. The van der Waals surface area contributed by atoms with Gasteiger partial charge in [-0.25, -0.2) is 4.98 Å². The molecule has 6 nitrogen and oxygen atoms in total. The van der Waals surface area contributed by atoms with Gasteiger partial charge in [-0.2, -0.15) is 5.10 Å². The number of anilines is 1. The molecule has 1 atom stereocenters. The molecule has 2 heterocycles. The fourth-order valence-corrected chi connectivity index (χ4v) is 2.51. The molecule has 0 spiro atoms. The van der Waals surface area contributed by atoms with Crippen molar-refractivity contribution in [2.24, 2.45) is 7.05 Å². The Kier molecular flexibility index (Phi) is 4.44. The van der Waals surface area contributed by atoms with Crippen molar-refractivity contribution >= 4 is 5.82 Å². The predicted molar refractivity (Wildman–Crippen MR) is 80.8 cm³/mol. The first kappa shape index (κ1) is 14.6. The molecule has 1 N–H and O–H groups in total. The second kappa shape index (κ2) is 6.09.